The maximum absolute atomic E-state index is 11.2. The summed E-state index contributed by atoms with van der Waals surface area (Å²) in [5.74, 6) is 0. The standard InChI is InChI=1S/C14H16N2O2/c15-13(17)16-8-6-14(7-9-16)12-4-2-1-3-11(12)5-10-18-14/h1-5,10H,6-9H2,(H2,15,17). The summed E-state index contributed by atoms with van der Waals surface area (Å²) in [4.78, 5) is 12.8. The predicted molar refractivity (Wildman–Crippen MR) is 68.6 cm³/mol. The number of nitrogens with two attached hydrogens (primary N) is 1. The topological polar surface area (TPSA) is 55.6 Å². The molecular weight excluding hydrogens is 228 g/mol. The summed E-state index contributed by atoms with van der Waals surface area (Å²) in [5, 5.41) is 0. The Balaban J connectivity index is 1.90. The van der Waals surface area contributed by atoms with E-state index in [1.807, 2.05) is 18.2 Å². The summed E-state index contributed by atoms with van der Waals surface area (Å²) in [6.07, 6.45) is 5.33. The van der Waals surface area contributed by atoms with Crippen molar-refractivity contribution in [2.24, 2.45) is 5.73 Å². The number of ether oxygens (including phenoxy) is 1. The van der Waals surface area contributed by atoms with E-state index in [9.17, 15) is 4.79 Å². The molecular formula is C14H16N2O2. The molecule has 1 aromatic rings. The molecule has 2 amide bonds. The van der Waals surface area contributed by atoms with Crippen LogP contribution in [0.2, 0.25) is 0 Å². The number of hydrogen-bond donors (Lipinski definition) is 1. The van der Waals surface area contributed by atoms with Crippen molar-refractivity contribution in [1.82, 2.24) is 4.90 Å². The van der Waals surface area contributed by atoms with Gasteiger partial charge in [0.05, 0.1) is 6.26 Å². The van der Waals surface area contributed by atoms with Gasteiger partial charge in [-0.1, -0.05) is 24.3 Å². The van der Waals surface area contributed by atoms with E-state index in [2.05, 4.69) is 12.1 Å². The number of nitrogens with zero attached hydrogens (tertiary/aromatic N) is 1. The lowest BCUT2D eigenvalue weighted by Crippen LogP contribution is -2.48. The summed E-state index contributed by atoms with van der Waals surface area (Å²) in [7, 11) is 0. The zero-order chi connectivity index (χ0) is 12.6. The van der Waals surface area contributed by atoms with Crippen molar-refractivity contribution in [2.45, 2.75) is 18.4 Å². The van der Waals surface area contributed by atoms with Gasteiger partial charge in [-0.15, -0.1) is 0 Å². The molecule has 0 radical (unpaired) electrons. The van der Waals surface area contributed by atoms with Crippen LogP contribution in [0.3, 0.4) is 0 Å². The van der Waals surface area contributed by atoms with Crippen molar-refractivity contribution >= 4 is 12.1 Å². The first-order chi connectivity index (χ1) is 8.71. The molecule has 0 unspecified atom stereocenters. The second kappa shape index (κ2) is 4.05. The van der Waals surface area contributed by atoms with E-state index < -0.39 is 0 Å². The van der Waals surface area contributed by atoms with Gasteiger partial charge in [-0.25, -0.2) is 4.79 Å². The van der Waals surface area contributed by atoms with Crippen molar-refractivity contribution in [1.29, 1.82) is 0 Å². The van der Waals surface area contributed by atoms with E-state index in [1.165, 1.54) is 11.1 Å². The summed E-state index contributed by atoms with van der Waals surface area (Å²) < 4.78 is 5.90. The summed E-state index contributed by atoms with van der Waals surface area (Å²) in [6, 6.07) is 7.92. The highest BCUT2D eigenvalue weighted by molar-refractivity contribution is 5.72. The van der Waals surface area contributed by atoms with Crippen molar-refractivity contribution < 1.29 is 9.53 Å². The molecule has 3 rings (SSSR count). The molecule has 2 N–H and O–H groups in total. The predicted octanol–water partition coefficient (Wildman–Crippen LogP) is 2.06. The lowest BCUT2D eigenvalue weighted by atomic mass is 9.80. The number of urea groups is 1. The van der Waals surface area contributed by atoms with Crippen LogP contribution in [-0.4, -0.2) is 24.0 Å². The van der Waals surface area contributed by atoms with Gasteiger partial charge >= 0.3 is 6.03 Å². The van der Waals surface area contributed by atoms with E-state index in [-0.39, 0.29) is 11.6 Å². The molecule has 2 aliphatic heterocycles. The Kier molecular flexibility index (Phi) is 2.51. The highest BCUT2D eigenvalue weighted by atomic mass is 16.5. The van der Waals surface area contributed by atoms with Crippen molar-refractivity contribution in [2.75, 3.05) is 13.1 Å². The fourth-order valence-electron chi connectivity index (χ4n) is 2.83. The zero-order valence-electron chi connectivity index (χ0n) is 10.1. The zero-order valence-corrected chi connectivity index (χ0v) is 10.1. The molecule has 1 aromatic carbocycles. The first-order valence-electron chi connectivity index (χ1n) is 6.20. The fraction of sp³-hybridized carbons (Fsp3) is 0.357. The highest BCUT2D eigenvalue weighted by Crippen LogP contribution is 2.41. The number of carbonyl (C=O) groups excluding carboxylic acids is 1. The van der Waals surface area contributed by atoms with Crippen molar-refractivity contribution in [3.05, 3.63) is 41.7 Å². The van der Waals surface area contributed by atoms with Gasteiger partial charge < -0.3 is 15.4 Å². The van der Waals surface area contributed by atoms with E-state index >= 15 is 0 Å². The first kappa shape index (κ1) is 11.1. The minimum atomic E-state index is -0.343. The third-order valence-corrected chi connectivity index (χ3v) is 3.88. The van der Waals surface area contributed by atoms with E-state index in [0.717, 1.165) is 12.8 Å². The maximum Gasteiger partial charge on any atom is 0.314 e. The molecule has 0 saturated carbocycles. The smallest absolute Gasteiger partial charge is 0.314 e. The number of hydrogen-bond acceptors (Lipinski definition) is 2. The summed E-state index contributed by atoms with van der Waals surface area (Å²) in [5.41, 5.74) is 7.46. The maximum atomic E-state index is 11.2. The summed E-state index contributed by atoms with van der Waals surface area (Å²) in [6.45, 7) is 1.30. The minimum absolute atomic E-state index is 0.280. The minimum Gasteiger partial charge on any atom is -0.490 e. The molecule has 1 fully saturated rings. The van der Waals surface area contributed by atoms with Crippen LogP contribution in [-0.2, 0) is 10.3 Å². The molecule has 2 aliphatic rings. The molecule has 1 spiro atoms. The largest absolute Gasteiger partial charge is 0.490 e. The summed E-state index contributed by atoms with van der Waals surface area (Å²) >= 11 is 0. The SMILES string of the molecule is NC(=O)N1CCC2(CC1)OC=Cc1ccccc12. The van der Waals surface area contributed by atoms with Gasteiger partial charge in [0, 0.05) is 31.5 Å². The Morgan fingerprint density at radius 1 is 1.28 bits per heavy atom. The molecule has 0 atom stereocenters. The Morgan fingerprint density at radius 3 is 2.72 bits per heavy atom. The van der Waals surface area contributed by atoms with Crippen LogP contribution >= 0.6 is 0 Å². The number of piperidine rings is 1. The van der Waals surface area contributed by atoms with Crippen molar-refractivity contribution in [3.63, 3.8) is 0 Å². The van der Waals surface area contributed by atoms with Gasteiger partial charge in [0.1, 0.15) is 5.60 Å². The van der Waals surface area contributed by atoms with Gasteiger partial charge in [0.25, 0.3) is 0 Å². The lowest BCUT2D eigenvalue weighted by Gasteiger charge is -2.42. The molecule has 1 saturated heterocycles. The quantitative estimate of drug-likeness (QED) is 0.759. The Hall–Kier alpha value is -1.97. The number of rotatable bonds is 0. The average Bonchev–Trinajstić information content (AvgIpc) is 2.40. The number of amides is 2. The molecule has 2 heterocycles. The van der Waals surface area contributed by atoms with E-state index in [1.54, 1.807) is 11.2 Å². The van der Waals surface area contributed by atoms with Crippen LogP contribution in [0.4, 0.5) is 4.79 Å². The Bertz CT molecular complexity index is 502. The van der Waals surface area contributed by atoms with Gasteiger partial charge in [-0.3, -0.25) is 0 Å². The molecule has 0 aromatic heterocycles. The number of primary amides is 1. The van der Waals surface area contributed by atoms with Gasteiger partial charge in [-0.05, 0) is 11.6 Å². The second-order valence-corrected chi connectivity index (χ2v) is 4.83. The molecule has 94 valence electrons. The second-order valence-electron chi connectivity index (χ2n) is 4.83. The third kappa shape index (κ3) is 1.65. The number of fused-ring (bicyclic) bond motifs is 2. The lowest BCUT2D eigenvalue weighted by molar-refractivity contribution is -0.0311. The molecule has 4 heteroatoms. The fourth-order valence-corrected chi connectivity index (χ4v) is 2.83. The van der Waals surface area contributed by atoms with Crippen LogP contribution in [0.1, 0.15) is 24.0 Å². The van der Waals surface area contributed by atoms with E-state index in [4.69, 9.17) is 10.5 Å². The monoisotopic (exact) mass is 244 g/mol. The van der Waals surface area contributed by atoms with Gasteiger partial charge in [0.2, 0.25) is 0 Å². The van der Waals surface area contributed by atoms with E-state index in [0.29, 0.717) is 13.1 Å². The van der Waals surface area contributed by atoms with Crippen LogP contribution in [0, 0.1) is 0 Å². The first-order valence-corrected chi connectivity index (χ1v) is 6.20. The van der Waals surface area contributed by atoms with Crippen LogP contribution in [0.15, 0.2) is 30.5 Å². The molecule has 4 nitrogen and oxygen atoms in total. The number of benzene rings is 1. The van der Waals surface area contributed by atoms with Gasteiger partial charge in [0.15, 0.2) is 0 Å². The third-order valence-electron chi connectivity index (χ3n) is 3.88. The normalized spacial score (nSPS) is 20.3. The van der Waals surface area contributed by atoms with Crippen LogP contribution < -0.4 is 5.73 Å². The van der Waals surface area contributed by atoms with Crippen LogP contribution in [0.25, 0.3) is 6.08 Å². The Morgan fingerprint density at radius 2 is 2.00 bits per heavy atom. The van der Waals surface area contributed by atoms with Crippen molar-refractivity contribution in [3.8, 4) is 0 Å². The van der Waals surface area contributed by atoms with Crippen LogP contribution in [0.5, 0.6) is 0 Å². The number of carbonyl (C=O) groups is 1. The average molecular weight is 244 g/mol. The molecule has 0 aliphatic carbocycles. The molecule has 18 heavy (non-hydrogen) atoms. The highest BCUT2D eigenvalue weighted by Gasteiger charge is 2.40. The Labute approximate surface area is 106 Å². The number of likely N-dealkylation sites (tertiary alicyclic amines) is 1. The molecule has 0 bridgehead atoms. The van der Waals surface area contributed by atoms with Gasteiger partial charge in [-0.2, -0.15) is 0 Å².